The second-order valence-electron chi connectivity index (χ2n) is 5.53. The zero-order valence-electron chi connectivity index (χ0n) is 12.7. The lowest BCUT2D eigenvalue weighted by Crippen LogP contribution is -2.19. The van der Waals surface area contributed by atoms with Gasteiger partial charge >= 0.3 is 0 Å². The van der Waals surface area contributed by atoms with Gasteiger partial charge in [-0.2, -0.15) is 0 Å². The predicted molar refractivity (Wildman–Crippen MR) is 84.1 cm³/mol. The van der Waals surface area contributed by atoms with Crippen molar-refractivity contribution < 1.29 is 19.3 Å². The van der Waals surface area contributed by atoms with Gasteiger partial charge in [-0.15, -0.1) is 0 Å². The molecule has 7 nitrogen and oxygen atoms in total. The molecule has 0 bridgehead atoms. The lowest BCUT2D eigenvalue weighted by Gasteiger charge is -2.05. The van der Waals surface area contributed by atoms with Gasteiger partial charge in [0.15, 0.2) is 5.78 Å². The SMILES string of the molecule is Cc1ccc(C(=O)Cc2cc3c(cc2[N+](=O)[O-])C(=O)NC3=O)cc1. The molecule has 2 aromatic rings. The number of Topliss-reactive ketones (excluding diaryl/α,β-unsaturated/α-hetero) is 1. The summed E-state index contributed by atoms with van der Waals surface area (Å²) in [5.41, 5.74) is 1.19. The summed E-state index contributed by atoms with van der Waals surface area (Å²) in [7, 11) is 0. The minimum absolute atomic E-state index is 0.0433. The van der Waals surface area contributed by atoms with Crippen molar-refractivity contribution in [1.29, 1.82) is 0 Å². The molecule has 0 atom stereocenters. The molecule has 3 rings (SSSR count). The topological polar surface area (TPSA) is 106 Å². The standard InChI is InChI=1S/C17H12N2O5/c1-9-2-4-10(5-3-9)15(20)7-11-6-12-13(8-14(11)19(23)24)17(22)18-16(12)21/h2-6,8H,7H2,1H3,(H,18,21,22). The monoisotopic (exact) mass is 324 g/mol. The summed E-state index contributed by atoms with van der Waals surface area (Å²) in [6, 6.07) is 9.14. The Hall–Kier alpha value is -3.35. The Kier molecular flexibility index (Phi) is 3.69. The third-order valence-corrected chi connectivity index (χ3v) is 3.86. The van der Waals surface area contributed by atoms with Crippen molar-refractivity contribution in [1.82, 2.24) is 5.32 Å². The van der Waals surface area contributed by atoms with Gasteiger partial charge in [-0.05, 0) is 13.0 Å². The predicted octanol–water partition coefficient (Wildman–Crippen LogP) is 2.21. The number of imide groups is 1. The summed E-state index contributed by atoms with van der Waals surface area (Å²) in [6.07, 6.45) is -0.228. The molecule has 0 aliphatic carbocycles. The molecule has 2 aromatic carbocycles. The average Bonchev–Trinajstić information content (AvgIpc) is 2.81. The highest BCUT2D eigenvalue weighted by molar-refractivity contribution is 6.22. The van der Waals surface area contributed by atoms with E-state index in [2.05, 4.69) is 5.32 Å². The minimum Gasteiger partial charge on any atom is -0.294 e. The van der Waals surface area contributed by atoms with E-state index in [1.165, 1.54) is 6.07 Å². The van der Waals surface area contributed by atoms with Gasteiger partial charge in [0.25, 0.3) is 17.5 Å². The van der Waals surface area contributed by atoms with Gasteiger partial charge in [-0.1, -0.05) is 29.8 Å². The van der Waals surface area contributed by atoms with Gasteiger partial charge in [-0.3, -0.25) is 29.8 Å². The van der Waals surface area contributed by atoms with E-state index < -0.39 is 16.7 Å². The number of hydrogen-bond acceptors (Lipinski definition) is 5. The number of nitrogens with zero attached hydrogens (tertiary/aromatic N) is 1. The van der Waals surface area contributed by atoms with Crippen LogP contribution in [0.15, 0.2) is 36.4 Å². The van der Waals surface area contributed by atoms with E-state index in [0.717, 1.165) is 11.6 Å². The smallest absolute Gasteiger partial charge is 0.273 e. The highest BCUT2D eigenvalue weighted by atomic mass is 16.6. The maximum Gasteiger partial charge on any atom is 0.273 e. The molecule has 0 aromatic heterocycles. The van der Waals surface area contributed by atoms with E-state index in [9.17, 15) is 24.5 Å². The molecule has 1 N–H and O–H groups in total. The van der Waals surface area contributed by atoms with Crippen molar-refractivity contribution in [2.75, 3.05) is 0 Å². The summed E-state index contributed by atoms with van der Waals surface area (Å²) in [5.74, 6) is -1.59. The first kappa shape index (κ1) is 15.5. The van der Waals surface area contributed by atoms with Crippen LogP contribution in [0.1, 0.15) is 42.2 Å². The molecule has 24 heavy (non-hydrogen) atoms. The van der Waals surface area contributed by atoms with E-state index in [4.69, 9.17) is 0 Å². The number of benzene rings is 2. The van der Waals surface area contributed by atoms with Crippen molar-refractivity contribution >= 4 is 23.3 Å². The highest BCUT2D eigenvalue weighted by Gasteiger charge is 2.31. The molecular weight excluding hydrogens is 312 g/mol. The number of nitro groups is 1. The zero-order valence-corrected chi connectivity index (χ0v) is 12.7. The first-order valence-electron chi connectivity index (χ1n) is 7.13. The Balaban J connectivity index is 2.01. The molecule has 0 radical (unpaired) electrons. The van der Waals surface area contributed by atoms with Crippen molar-refractivity contribution in [3.05, 3.63) is 74.3 Å². The number of carbonyl (C=O) groups excluding carboxylic acids is 3. The van der Waals surface area contributed by atoms with Gasteiger partial charge in [0.05, 0.1) is 16.1 Å². The number of fused-ring (bicyclic) bond motifs is 1. The largest absolute Gasteiger partial charge is 0.294 e. The summed E-state index contributed by atoms with van der Waals surface area (Å²) >= 11 is 0. The van der Waals surface area contributed by atoms with Crippen LogP contribution in [0, 0.1) is 17.0 Å². The second kappa shape index (κ2) is 5.69. The molecule has 0 saturated heterocycles. The van der Waals surface area contributed by atoms with E-state index in [1.807, 2.05) is 6.92 Å². The van der Waals surface area contributed by atoms with E-state index in [0.29, 0.717) is 5.56 Å². The molecule has 0 fully saturated rings. The number of ketones is 1. The second-order valence-corrected chi connectivity index (χ2v) is 5.53. The molecule has 0 saturated carbocycles. The third kappa shape index (κ3) is 2.67. The van der Waals surface area contributed by atoms with Crippen LogP contribution in [0.25, 0.3) is 0 Å². The Morgan fingerprint density at radius 1 is 1.08 bits per heavy atom. The molecule has 7 heteroatoms. The number of amides is 2. The van der Waals surface area contributed by atoms with Crippen LogP contribution in [0.2, 0.25) is 0 Å². The van der Waals surface area contributed by atoms with Crippen molar-refractivity contribution in [3.63, 3.8) is 0 Å². The van der Waals surface area contributed by atoms with E-state index in [1.54, 1.807) is 24.3 Å². The first-order chi connectivity index (χ1) is 11.4. The average molecular weight is 324 g/mol. The number of aryl methyl sites for hydroxylation is 1. The molecule has 1 aliphatic rings. The van der Waals surface area contributed by atoms with Crippen LogP contribution < -0.4 is 5.32 Å². The van der Waals surface area contributed by atoms with Crippen molar-refractivity contribution in [2.45, 2.75) is 13.3 Å². The Bertz CT molecular complexity index is 900. The summed E-state index contributed by atoms with van der Waals surface area (Å²) < 4.78 is 0. The van der Waals surface area contributed by atoms with Crippen LogP contribution in [-0.4, -0.2) is 22.5 Å². The minimum atomic E-state index is -0.672. The highest BCUT2D eigenvalue weighted by Crippen LogP contribution is 2.27. The number of nitro benzene ring substituents is 1. The van der Waals surface area contributed by atoms with Crippen LogP contribution in [0.3, 0.4) is 0 Å². The summed E-state index contributed by atoms with van der Waals surface area (Å²) in [6.45, 7) is 1.88. The molecule has 1 aliphatic heterocycles. The lowest BCUT2D eigenvalue weighted by molar-refractivity contribution is -0.385. The van der Waals surface area contributed by atoms with Gasteiger partial charge in [0.2, 0.25) is 0 Å². The molecule has 0 unspecified atom stereocenters. The Morgan fingerprint density at radius 2 is 1.67 bits per heavy atom. The fourth-order valence-corrected chi connectivity index (χ4v) is 2.57. The van der Waals surface area contributed by atoms with Crippen LogP contribution >= 0.6 is 0 Å². The van der Waals surface area contributed by atoms with Gasteiger partial charge < -0.3 is 0 Å². The lowest BCUT2D eigenvalue weighted by atomic mass is 9.97. The molecule has 2 amide bonds. The molecular formula is C17H12N2O5. The van der Waals surface area contributed by atoms with Gasteiger partial charge in [-0.25, -0.2) is 0 Å². The number of hydrogen-bond donors (Lipinski definition) is 1. The van der Waals surface area contributed by atoms with Crippen molar-refractivity contribution in [2.24, 2.45) is 0 Å². The summed E-state index contributed by atoms with van der Waals surface area (Å²) in [4.78, 5) is 46.3. The van der Waals surface area contributed by atoms with E-state index in [-0.39, 0.29) is 34.6 Å². The van der Waals surface area contributed by atoms with Crippen LogP contribution in [0.5, 0.6) is 0 Å². The van der Waals surface area contributed by atoms with Crippen molar-refractivity contribution in [3.8, 4) is 0 Å². The van der Waals surface area contributed by atoms with E-state index >= 15 is 0 Å². The number of rotatable bonds is 4. The Labute approximate surface area is 136 Å². The maximum atomic E-state index is 12.4. The normalized spacial score (nSPS) is 12.7. The van der Waals surface area contributed by atoms with Gasteiger partial charge in [0.1, 0.15) is 0 Å². The molecule has 120 valence electrons. The van der Waals surface area contributed by atoms with Crippen LogP contribution in [-0.2, 0) is 6.42 Å². The first-order valence-corrected chi connectivity index (χ1v) is 7.13. The number of carbonyl (C=O) groups is 3. The fraction of sp³-hybridized carbons (Fsp3) is 0.118. The Morgan fingerprint density at radius 3 is 2.25 bits per heavy atom. The number of nitrogens with one attached hydrogen (secondary N) is 1. The maximum absolute atomic E-state index is 12.4. The quantitative estimate of drug-likeness (QED) is 0.401. The summed E-state index contributed by atoms with van der Waals surface area (Å²) in [5, 5.41) is 13.3. The van der Waals surface area contributed by atoms with Crippen LogP contribution in [0.4, 0.5) is 5.69 Å². The molecule has 0 spiro atoms. The molecule has 1 heterocycles. The fourth-order valence-electron chi connectivity index (χ4n) is 2.57. The third-order valence-electron chi connectivity index (χ3n) is 3.86. The zero-order chi connectivity index (χ0) is 17.4. The van der Waals surface area contributed by atoms with Gasteiger partial charge in [0, 0.05) is 23.6 Å².